The molecule has 0 unspecified atom stereocenters. The Balaban J connectivity index is 2.33. The second-order valence-electron chi connectivity index (χ2n) is 3.83. The average molecular weight is 186 g/mol. The zero-order valence-electron chi connectivity index (χ0n) is 8.12. The highest BCUT2D eigenvalue weighted by Gasteiger charge is 2.49. The Kier molecular flexibility index (Phi) is 3.14. The van der Waals surface area contributed by atoms with Crippen LogP contribution >= 0.6 is 0 Å². The molecule has 0 atom stereocenters. The molecule has 2 amide bonds. The predicted octanol–water partition coefficient (Wildman–Crippen LogP) is 1.87. The highest BCUT2D eigenvalue weighted by atomic mass is 16.5. The van der Waals surface area contributed by atoms with Crippen LogP contribution in [0.5, 0.6) is 0 Å². The number of amides is 2. The number of unbranched alkanes of at least 4 members (excludes halogenated alkanes) is 2. The lowest BCUT2D eigenvalue weighted by Gasteiger charge is -2.23. The average Bonchev–Trinajstić information content (AvgIpc) is 2.85. The fraction of sp³-hybridized carbons (Fsp3) is 0.889. The molecule has 1 fully saturated rings. The van der Waals surface area contributed by atoms with Crippen LogP contribution in [0, 0.1) is 0 Å². The Morgan fingerprint density at radius 3 is 2.54 bits per heavy atom. The van der Waals surface area contributed by atoms with E-state index in [0.717, 1.165) is 43.6 Å². The van der Waals surface area contributed by atoms with Gasteiger partial charge in [0.1, 0.15) is 0 Å². The molecular weight excluding hydrogens is 168 g/mol. The van der Waals surface area contributed by atoms with Crippen LogP contribution in [0.1, 0.15) is 45.4 Å². The van der Waals surface area contributed by atoms with Crippen LogP contribution in [0.15, 0.2) is 0 Å². The van der Waals surface area contributed by atoms with Gasteiger partial charge in [-0.1, -0.05) is 26.2 Å². The second-order valence-corrected chi connectivity index (χ2v) is 3.83. The molecule has 0 radical (unpaired) electrons. The van der Waals surface area contributed by atoms with Crippen molar-refractivity contribution < 1.29 is 10.0 Å². The molecule has 0 saturated heterocycles. The zero-order valence-corrected chi connectivity index (χ0v) is 8.12. The molecule has 0 aromatic rings. The molecule has 1 aliphatic carbocycles. The number of primary amides is 1. The van der Waals surface area contributed by atoms with Gasteiger partial charge in [0.25, 0.3) is 0 Å². The third kappa shape index (κ3) is 2.34. The first-order chi connectivity index (χ1) is 6.12. The smallest absolute Gasteiger partial charge is 0.339 e. The van der Waals surface area contributed by atoms with Crippen molar-refractivity contribution in [3.05, 3.63) is 0 Å². The van der Waals surface area contributed by atoms with E-state index in [-0.39, 0.29) is 5.54 Å². The summed E-state index contributed by atoms with van der Waals surface area (Å²) in [7, 11) is 0. The summed E-state index contributed by atoms with van der Waals surface area (Å²) in [5.74, 6) is 0. The van der Waals surface area contributed by atoms with Crippen LogP contribution in [0.3, 0.4) is 0 Å². The summed E-state index contributed by atoms with van der Waals surface area (Å²) < 4.78 is 0. The van der Waals surface area contributed by atoms with Gasteiger partial charge in [-0.3, -0.25) is 5.21 Å². The lowest BCUT2D eigenvalue weighted by molar-refractivity contribution is -0.0889. The molecule has 0 bridgehead atoms. The number of carbonyl (C=O) groups excluding carboxylic acids is 1. The minimum absolute atomic E-state index is 0.305. The molecule has 1 rings (SSSR count). The van der Waals surface area contributed by atoms with Crippen molar-refractivity contribution in [3.63, 3.8) is 0 Å². The monoisotopic (exact) mass is 186 g/mol. The molecule has 1 saturated carbocycles. The number of nitrogens with two attached hydrogens (primary N) is 1. The molecular formula is C9H18N2O2. The summed E-state index contributed by atoms with van der Waals surface area (Å²) in [6.07, 6.45) is 6.00. The predicted molar refractivity (Wildman–Crippen MR) is 49.3 cm³/mol. The Labute approximate surface area is 78.7 Å². The minimum Gasteiger partial charge on any atom is -0.350 e. The highest BCUT2D eigenvalue weighted by Crippen LogP contribution is 2.44. The van der Waals surface area contributed by atoms with E-state index >= 15 is 0 Å². The third-order valence-corrected chi connectivity index (χ3v) is 2.73. The van der Waals surface area contributed by atoms with E-state index in [1.54, 1.807) is 0 Å². The topological polar surface area (TPSA) is 66.6 Å². The molecule has 4 nitrogen and oxygen atoms in total. The maximum atomic E-state index is 10.7. The van der Waals surface area contributed by atoms with Crippen LogP contribution in [0.25, 0.3) is 0 Å². The normalized spacial score (nSPS) is 18.3. The fourth-order valence-corrected chi connectivity index (χ4v) is 1.65. The number of urea groups is 1. The number of hydroxylamine groups is 2. The molecule has 0 aromatic carbocycles. The van der Waals surface area contributed by atoms with E-state index in [2.05, 4.69) is 6.92 Å². The lowest BCUT2D eigenvalue weighted by Crippen LogP contribution is -2.42. The first-order valence-corrected chi connectivity index (χ1v) is 4.91. The molecule has 4 heteroatoms. The minimum atomic E-state index is -0.728. The first kappa shape index (κ1) is 10.3. The van der Waals surface area contributed by atoms with Crippen molar-refractivity contribution in [2.24, 2.45) is 5.73 Å². The van der Waals surface area contributed by atoms with E-state index in [1.807, 2.05) is 0 Å². The van der Waals surface area contributed by atoms with Gasteiger partial charge in [0.2, 0.25) is 0 Å². The number of hydrogen-bond acceptors (Lipinski definition) is 2. The van der Waals surface area contributed by atoms with Gasteiger partial charge in [-0.05, 0) is 19.3 Å². The van der Waals surface area contributed by atoms with Gasteiger partial charge >= 0.3 is 6.03 Å². The van der Waals surface area contributed by atoms with Crippen molar-refractivity contribution in [2.75, 3.05) is 0 Å². The van der Waals surface area contributed by atoms with Gasteiger partial charge in [0.15, 0.2) is 0 Å². The summed E-state index contributed by atoms with van der Waals surface area (Å²) in [5, 5.41) is 10.1. The fourth-order valence-electron chi connectivity index (χ4n) is 1.65. The van der Waals surface area contributed by atoms with Crippen LogP contribution in [0.4, 0.5) is 4.79 Å². The van der Waals surface area contributed by atoms with E-state index in [1.165, 1.54) is 0 Å². The number of carbonyl (C=O) groups is 1. The van der Waals surface area contributed by atoms with E-state index < -0.39 is 6.03 Å². The van der Waals surface area contributed by atoms with Crippen molar-refractivity contribution >= 4 is 6.03 Å². The van der Waals surface area contributed by atoms with Gasteiger partial charge in [-0.15, -0.1) is 0 Å². The Bertz CT molecular complexity index is 190. The van der Waals surface area contributed by atoms with Crippen molar-refractivity contribution in [2.45, 2.75) is 51.0 Å². The maximum Gasteiger partial charge on any atom is 0.339 e. The summed E-state index contributed by atoms with van der Waals surface area (Å²) in [6, 6.07) is -0.728. The van der Waals surface area contributed by atoms with Crippen molar-refractivity contribution in [1.82, 2.24) is 5.06 Å². The molecule has 76 valence electrons. The van der Waals surface area contributed by atoms with Crippen LogP contribution in [0.2, 0.25) is 0 Å². The number of rotatable bonds is 5. The Hall–Kier alpha value is -0.770. The largest absolute Gasteiger partial charge is 0.350 e. The molecule has 1 aliphatic rings. The van der Waals surface area contributed by atoms with Gasteiger partial charge in [0, 0.05) is 0 Å². The molecule has 0 aromatic heterocycles. The zero-order chi connectivity index (χ0) is 9.90. The van der Waals surface area contributed by atoms with Crippen LogP contribution in [-0.2, 0) is 0 Å². The third-order valence-electron chi connectivity index (χ3n) is 2.73. The summed E-state index contributed by atoms with van der Waals surface area (Å²) >= 11 is 0. The molecule has 0 heterocycles. The molecule has 0 aliphatic heterocycles. The molecule has 0 spiro atoms. The van der Waals surface area contributed by atoms with Gasteiger partial charge in [-0.25, -0.2) is 9.86 Å². The first-order valence-electron chi connectivity index (χ1n) is 4.91. The van der Waals surface area contributed by atoms with Crippen LogP contribution < -0.4 is 5.73 Å². The molecule has 3 N–H and O–H groups in total. The standard InChI is InChI=1S/C9H18N2O2/c1-2-3-4-5-9(6-7-9)11(13)8(10)12/h13H,2-7H2,1H3,(H2,10,12). The quantitative estimate of drug-likeness (QED) is 0.391. The lowest BCUT2D eigenvalue weighted by atomic mass is 10.1. The van der Waals surface area contributed by atoms with E-state index in [4.69, 9.17) is 5.73 Å². The molecule has 13 heavy (non-hydrogen) atoms. The van der Waals surface area contributed by atoms with Gasteiger partial charge < -0.3 is 5.73 Å². The number of hydrogen-bond donors (Lipinski definition) is 2. The van der Waals surface area contributed by atoms with Crippen molar-refractivity contribution in [1.29, 1.82) is 0 Å². The van der Waals surface area contributed by atoms with Crippen LogP contribution in [-0.4, -0.2) is 21.8 Å². The summed E-state index contributed by atoms with van der Waals surface area (Å²) in [6.45, 7) is 2.13. The van der Waals surface area contributed by atoms with Gasteiger partial charge in [-0.2, -0.15) is 0 Å². The van der Waals surface area contributed by atoms with Crippen molar-refractivity contribution in [3.8, 4) is 0 Å². The Morgan fingerprint density at radius 2 is 2.15 bits per heavy atom. The van der Waals surface area contributed by atoms with E-state index in [0.29, 0.717) is 0 Å². The SMILES string of the molecule is CCCCCC1(N(O)C(N)=O)CC1. The summed E-state index contributed by atoms with van der Waals surface area (Å²) in [5.41, 5.74) is 4.70. The summed E-state index contributed by atoms with van der Waals surface area (Å²) in [4.78, 5) is 10.7. The Morgan fingerprint density at radius 1 is 1.54 bits per heavy atom. The van der Waals surface area contributed by atoms with Gasteiger partial charge in [0.05, 0.1) is 5.54 Å². The second kappa shape index (κ2) is 3.96. The number of nitrogens with zero attached hydrogens (tertiary/aromatic N) is 1. The van der Waals surface area contributed by atoms with E-state index in [9.17, 15) is 10.0 Å². The highest BCUT2D eigenvalue weighted by molar-refractivity contribution is 5.72. The maximum absolute atomic E-state index is 10.7.